The van der Waals surface area contributed by atoms with Gasteiger partial charge >= 0.3 is 5.97 Å². The highest BCUT2D eigenvalue weighted by molar-refractivity contribution is 7.99. The molecule has 0 bridgehead atoms. The lowest BCUT2D eigenvalue weighted by Crippen LogP contribution is -2.45. The number of anilines is 1. The van der Waals surface area contributed by atoms with Crippen LogP contribution in [-0.2, 0) is 14.3 Å². The summed E-state index contributed by atoms with van der Waals surface area (Å²) in [5.41, 5.74) is 1.63. The molecule has 0 spiro atoms. The molecule has 1 heterocycles. The molecule has 0 fully saturated rings. The first-order valence-corrected chi connectivity index (χ1v) is 9.92. The molecule has 0 aromatic heterocycles. The fourth-order valence-corrected chi connectivity index (χ4v) is 4.43. The Morgan fingerprint density at radius 3 is 2.50 bits per heavy atom. The summed E-state index contributed by atoms with van der Waals surface area (Å²) < 4.78 is 5.52. The van der Waals surface area contributed by atoms with Crippen LogP contribution in [-0.4, -0.2) is 55.2 Å². The van der Waals surface area contributed by atoms with Gasteiger partial charge in [0.05, 0.1) is 10.9 Å². The summed E-state index contributed by atoms with van der Waals surface area (Å²) in [6, 6.07) is 14.4. The zero-order chi connectivity index (χ0) is 20.3. The maximum Gasteiger partial charge on any atom is 0.303 e. The second kappa shape index (κ2) is 8.67. The maximum absolute atomic E-state index is 13.5. The summed E-state index contributed by atoms with van der Waals surface area (Å²) in [6.45, 7) is 2.49. The number of carbonyl (C=O) groups excluding carboxylic acids is 2. The Bertz CT molecular complexity index is 854. The van der Waals surface area contributed by atoms with Crippen molar-refractivity contribution in [2.24, 2.45) is 0 Å². The van der Waals surface area contributed by atoms with Gasteiger partial charge in [-0.2, -0.15) is 0 Å². The lowest BCUT2D eigenvalue weighted by molar-refractivity contribution is -0.152. The number of likely N-dealkylation sites (N-methyl/N-ethyl adjacent to an activating group) is 1. The number of phenols is 1. The number of benzene rings is 2. The third kappa shape index (κ3) is 4.48. The van der Waals surface area contributed by atoms with Gasteiger partial charge in [0, 0.05) is 24.9 Å². The summed E-state index contributed by atoms with van der Waals surface area (Å²) in [5, 5.41) is 9.21. The van der Waals surface area contributed by atoms with Gasteiger partial charge in [-0.15, -0.1) is 11.8 Å². The number of para-hydroxylation sites is 1. The van der Waals surface area contributed by atoms with E-state index in [1.54, 1.807) is 29.2 Å². The van der Waals surface area contributed by atoms with E-state index in [2.05, 4.69) is 0 Å². The molecule has 0 aliphatic carbocycles. The minimum atomic E-state index is -0.957. The average Bonchev–Trinajstić information content (AvgIpc) is 2.76. The topological polar surface area (TPSA) is 70.1 Å². The Hall–Kier alpha value is -2.51. The molecule has 2 aromatic rings. The van der Waals surface area contributed by atoms with Crippen molar-refractivity contribution in [2.75, 3.05) is 32.1 Å². The maximum atomic E-state index is 13.5. The number of hydrogen-bond donors (Lipinski definition) is 1. The van der Waals surface area contributed by atoms with Crippen LogP contribution in [0.3, 0.4) is 0 Å². The van der Waals surface area contributed by atoms with Gasteiger partial charge in [0.15, 0.2) is 6.10 Å². The largest absolute Gasteiger partial charge is 0.508 e. The molecule has 1 aliphatic heterocycles. The SMILES string of the molecule is CC(=O)O[C@H]1C(=O)N(CCN(C)C)c2ccccc2S[C@H]1c1ccc(O)cc1. The lowest BCUT2D eigenvalue weighted by Gasteiger charge is -2.28. The van der Waals surface area contributed by atoms with Crippen molar-refractivity contribution in [3.8, 4) is 5.75 Å². The molecular formula is C21H24N2O4S. The van der Waals surface area contributed by atoms with Gasteiger partial charge in [-0.05, 0) is 43.9 Å². The Morgan fingerprint density at radius 2 is 1.86 bits per heavy atom. The Morgan fingerprint density at radius 1 is 1.18 bits per heavy atom. The molecule has 7 heteroatoms. The van der Waals surface area contributed by atoms with Gasteiger partial charge in [-0.3, -0.25) is 9.59 Å². The van der Waals surface area contributed by atoms with Crippen molar-refractivity contribution in [3.63, 3.8) is 0 Å². The van der Waals surface area contributed by atoms with E-state index >= 15 is 0 Å². The molecule has 2 aromatic carbocycles. The highest BCUT2D eigenvalue weighted by atomic mass is 32.2. The molecule has 0 saturated carbocycles. The number of hydrogen-bond acceptors (Lipinski definition) is 6. The van der Waals surface area contributed by atoms with Crippen molar-refractivity contribution < 1.29 is 19.4 Å². The number of fused-ring (bicyclic) bond motifs is 1. The van der Waals surface area contributed by atoms with Crippen molar-refractivity contribution in [3.05, 3.63) is 54.1 Å². The van der Waals surface area contributed by atoms with Crippen LogP contribution in [0.25, 0.3) is 0 Å². The van der Waals surface area contributed by atoms with Crippen LogP contribution in [0.4, 0.5) is 5.69 Å². The van der Waals surface area contributed by atoms with Gasteiger partial charge in [0.1, 0.15) is 5.75 Å². The summed E-state index contributed by atoms with van der Waals surface area (Å²) >= 11 is 1.49. The van der Waals surface area contributed by atoms with Crippen LogP contribution in [0.1, 0.15) is 17.7 Å². The molecule has 148 valence electrons. The number of thioether (sulfide) groups is 1. The number of aromatic hydroxyl groups is 1. The molecule has 0 radical (unpaired) electrons. The van der Waals surface area contributed by atoms with Gasteiger partial charge < -0.3 is 19.6 Å². The minimum absolute atomic E-state index is 0.144. The van der Waals surface area contributed by atoms with E-state index in [0.29, 0.717) is 13.1 Å². The van der Waals surface area contributed by atoms with Crippen LogP contribution in [0, 0.1) is 0 Å². The quantitative estimate of drug-likeness (QED) is 0.778. The third-order valence-corrected chi connectivity index (χ3v) is 5.85. The highest BCUT2D eigenvalue weighted by Crippen LogP contribution is 2.46. The normalized spacial score (nSPS) is 19.3. The summed E-state index contributed by atoms with van der Waals surface area (Å²) in [4.78, 5) is 29.9. The van der Waals surface area contributed by atoms with Gasteiger partial charge in [0.2, 0.25) is 0 Å². The predicted molar refractivity (Wildman–Crippen MR) is 110 cm³/mol. The first kappa shape index (κ1) is 20.2. The van der Waals surface area contributed by atoms with Crippen LogP contribution < -0.4 is 4.90 Å². The standard InChI is InChI=1S/C21H24N2O4S/c1-14(24)27-19-20(15-8-10-16(25)11-9-15)28-18-7-5-4-6-17(18)23(21(19)26)13-12-22(2)3/h4-11,19-20,25H,12-13H2,1-3H3/t19-,20+/m1/s1. The Labute approximate surface area is 169 Å². The number of esters is 1. The van der Waals surface area contributed by atoms with E-state index in [-0.39, 0.29) is 11.7 Å². The number of rotatable bonds is 5. The second-order valence-electron chi connectivity index (χ2n) is 6.92. The van der Waals surface area contributed by atoms with Gasteiger partial charge in [-0.25, -0.2) is 0 Å². The third-order valence-electron chi connectivity index (χ3n) is 4.48. The molecular weight excluding hydrogens is 376 g/mol. The van der Waals surface area contributed by atoms with E-state index in [1.807, 2.05) is 43.3 Å². The summed E-state index contributed by atoms with van der Waals surface area (Å²) in [7, 11) is 3.90. The molecule has 1 amide bonds. The number of phenolic OH excluding ortho intramolecular Hbond substituents is 1. The van der Waals surface area contributed by atoms with Gasteiger partial charge in [0.25, 0.3) is 5.91 Å². The fraction of sp³-hybridized carbons (Fsp3) is 0.333. The van der Waals surface area contributed by atoms with Crippen LogP contribution in [0.2, 0.25) is 0 Å². The van der Waals surface area contributed by atoms with E-state index in [1.165, 1.54) is 18.7 Å². The van der Waals surface area contributed by atoms with E-state index in [4.69, 9.17) is 4.74 Å². The van der Waals surface area contributed by atoms with Crippen molar-refractivity contribution in [1.29, 1.82) is 0 Å². The molecule has 3 rings (SSSR count). The molecule has 2 atom stereocenters. The number of amides is 1. The zero-order valence-electron chi connectivity index (χ0n) is 16.2. The van der Waals surface area contributed by atoms with Crippen LogP contribution in [0.5, 0.6) is 5.75 Å². The lowest BCUT2D eigenvalue weighted by atomic mass is 10.1. The number of nitrogens with zero attached hydrogens (tertiary/aromatic N) is 2. The second-order valence-corrected chi connectivity index (χ2v) is 8.10. The number of ether oxygens (including phenoxy) is 1. The minimum Gasteiger partial charge on any atom is -0.508 e. The first-order valence-electron chi connectivity index (χ1n) is 9.05. The Kier molecular flexibility index (Phi) is 6.26. The van der Waals surface area contributed by atoms with Crippen molar-refractivity contribution in [1.82, 2.24) is 4.90 Å². The summed E-state index contributed by atoms with van der Waals surface area (Å²) in [6.07, 6.45) is -0.957. The Balaban J connectivity index is 2.07. The molecule has 1 aliphatic rings. The van der Waals surface area contributed by atoms with Crippen molar-refractivity contribution >= 4 is 29.3 Å². The van der Waals surface area contributed by atoms with E-state index in [0.717, 1.165) is 16.1 Å². The van der Waals surface area contributed by atoms with Crippen LogP contribution in [0.15, 0.2) is 53.4 Å². The molecule has 0 unspecified atom stereocenters. The fourth-order valence-electron chi connectivity index (χ4n) is 3.11. The predicted octanol–water partition coefficient (Wildman–Crippen LogP) is 3.07. The van der Waals surface area contributed by atoms with Gasteiger partial charge in [-0.1, -0.05) is 24.3 Å². The first-order chi connectivity index (χ1) is 13.4. The molecule has 28 heavy (non-hydrogen) atoms. The van der Waals surface area contributed by atoms with E-state index < -0.39 is 17.3 Å². The van der Waals surface area contributed by atoms with E-state index in [9.17, 15) is 14.7 Å². The van der Waals surface area contributed by atoms with Crippen molar-refractivity contribution in [2.45, 2.75) is 23.2 Å². The van der Waals surface area contributed by atoms with Crippen LogP contribution >= 0.6 is 11.8 Å². The average molecular weight is 401 g/mol. The molecule has 6 nitrogen and oxygen atoms in total. The molecule has 1 N–H and O–H groups in total. The highest BCUT2D eigenvalue weighted by Gasteiger charge is 2.40. The molecule has 0 saturated heterocycles. The number of carbonyl (C=O) groups is 2. The monoisotopic (exact) mass is 400 g/mol. The smallest absolute Gasteiger partial charge is 0.303 e. The zero-order valence-corrected chi connectivity index (χ0v) is 17.0. The summed E-state index contributed by atoms with van der Waals surface area (Å²) in [5.74, 6) is -0.598.